The van der Waals surface area contributed by atoms with E-state index >= 15 is 0 Å². The van der Waals surface area contributed by atoms with Crippen molar-refractivity contribution in [2.45, 2.75) is 45.7 Å². The quantitative estimate of drug-likeness (QED) is 0.552. The molecule has 4 nitrogen and oxygen atoms in total. The number of nitrogens with two attached hydrogens (primary N) is 1. The molecule has 14 heavy (non-hydrogen) atoms. The molecule has 0 rings (SSSR count). The van der Waals surface area contributed by atoms with Gasteiger partial charge in [0.25, 0.3) is 0 Å². The van der Waals surface area contributed by atoms with E-state index in [2.05, 4.69) is 17.6 Å². The average Bonchev–Trinajstić information content (AvgIpc) is 2.10. The highest BCUT2D eigenvalue weighted by molar-refractivity contribution is 5.76. The molecule has 0 saturated heterocycles. The molecule has 0 spiro atoms. The molecule has 4 N–H and O–H groups in total. The van der Waals surface area contributed by atoms with Crippen LogP contribution in [-0.2, 0) is 4.79 Å². The zero-order valence-electron chi connectivity index (χ0n) is 9.47. The van der Waals surface area contributed by atoms with Gasteiger partial charge in [-0.25, -0.2) is 0 Å². The number of carbonyl (C=O) groups excluding carboxylic acids is 1. The predicted molar refractivity (Wildman–Crippen MR) is 59.0 cm³/mol. The van der Waals surface area contributed by atoms with Gasteiger partial charge in [0.2, 0.25) is 5.91 Å². The lowest BCUT2D eigenvalue weighted by Gasteiger charge is -2.16. The van der Waals surface area contributed by atoms with Gasteiger partial charge in [0, 0.05) is 25.0 Å². The van der Waals surface area contributed by atoms with Gasteiger partial charge in [0.1, 0.15) is 0 Å². The highest BCUT2D eigenvalue weighted by Gasteiger charge is 2.11. The Balaban J connectivity index is 3.74. The first-order valence-corrected chi connectivity index (χ1v) is 5.33. The minimum absolute atomic E-state index is 0.0686. The number of carbonyl (C=O) groups is 1. The molecule has 0 heterocycles. The van der Waals surface area contributed by atoms with Crippen LogP contribution in [0.4, 0.5) is 0 Å². The molecule has 0 bridgehead atoms. The zero-order valence-corrected chi connectivity index (χ0v) is 9.47. The molecule has 0 aliphatic heterocycles. The van der Waals surface area contributed by atoms with E-state index in [4.69, 9.17) is 5.73 Å². The van der Waals surface area contributed by atoms with Crippen LogP contribution in [0.1, 0.15) is 33.6 Å². The Hall–Kier alpha value is -0.610. The molecule has 4 heteroatoms. The maximum atomic E-state index is 11.4. The summed E-state index contributed by atoms with van der Waals surface area (Å²) in [5.41, 5.74) is 5.55. The molecule has 0 aliphatic rings. The summed E-state index contributed by atoms with van der Waals surface area (Å²) in [6.45, 7) is 7.42. The largest absolute Gasteiger partial charge is 0.354 e. The van der Waals surface area contributed by atoms with Crippen LogP contribution in [0.2, 0.25) is 0 Å². The summed E-state index contributed by atoms with van der Waals surface area (Å²) in [7, 11) is 0. The third kappa shape index (κ3) is 6.86. The van der Waals surface area contributed by atoms with Gasteiger partial charge >= 0.3 is 0 Å². The zero-order chi connectivity index (χ0) is 11.0. The van der Waals surface area contributed by atoms with E-state index in [1.54, 1.807) is 0 Å². The third-order valence-electron chi connectivity index (χ3n) is 1.85. The highest BCUT2D eigenvalue weighted by atomic mass is 16.1. The second kappa shape index (κ2) is 7.76. The van der Waals surface area contributed by atoms with E-state index in [1.807, 2.05) is 13.8 Å². The summed E-state index contributed by atoms with van der Waals surface area (Å²) >= 11 is 0. The number of hydrogen-bond acceptors (Lipinski definition) is 3. The van der Waals surface area contributed by atoms with Crippen molar-refractivity contribution in [3.8, 4) is 0 Å². The maximum absolute atomic E-state index is 11.4. The second-order valence-corrected chi connectivity index (χ2v) is 3.81. The van der Waals surface area contributed by atoms with Gasteiger partial charge in [-0.3, -0.25) is 4.79 Å². The van der Waals surface area contributed by atoms with Crippen LogP contribution in [0.15, 0.2) is 0 Å². The van der Waals surface area contributed by atoms with Gasteiger partial charge in [-0.05, 0) is 26.8 Å². The van der Waals surface area contributed by atoms with Crippen LogP contribution in [0.3, 0.4) is 0 Å². The Bertz CT molecular complexity index is 159. The lowest BCUT2D eigenvalue weighted by molar-refractivity contribution is -0.122. The molecule has 1 unspecified atom stereocenters. The Morgan fingerprint density at radius 2 is 2.07 bits per heavy atom. The molecule has 0 aromatic heterocycles. The summed E-state index contributed by atoms with van der Waals surface area (Å²) in [5, 5.41) is 6.09. The van der Waals surface area contributed by atoms with Gasteiger partial charge in [0.15, 0.2) is 0 Å². The van der Waals surface area contributed by atoms with Crippen LogP contribution >= 0.6 is 0 Å². The summed E-state index contributed by atoms with van der Waals surface area (Å²) in [6.07, 6.45) is 1.52. The van der Waals surface area contributed by atoms with E-state index in [-0.39, 0.29) is 18.0 Å². The van der Waals surface area contributed by atoms with Crippen molar-refractivity contribution in [1.82, 2.24) is 10.6 Å². The number of nitrogens with one attached hydrogen (secondary N) is 2. The van der Waals surface area contributed by atoms with Gasteiger partial charge in [0.05, 0.1) is 0 Å². The average molecular weight is 201 g/mol. The number of hydrogen-bond donors (Lipinski definition) is 3. The molecular formula is C10H23N3O. The topological polar surface area (TPSA) is 67.1 Å². The third-order valence-corrected chi connectivity index (χ3v) is 1.85. The monoisotopic (exact) mass is 201 g/mol. The minimum Gasteiger partial charge on any atom is -0.354 e. The van der Waals surface area contributed by atoms with Crippen LogP contribution in [0.25, 0.3) is 0 Å². The second-order valence-electron chi connectivity index (χ2n) is 3.81. The minimum atomic E-state index is 0.0686. The first-order chi connectivity index (χ1) is 6.60. The Morgan fingerprint density at radius 3 is 2.50 bits per heavy atom. The van der Waals surface area contributed by atoms with E-state index < -0.39 is 0 Å². The lowest BCUT2D eigenvalue weighted by Crippen LogP contribution is -2.42. The highest BCUT2D eigenvalue weighted by Crippen LogP contribution is 1.91. The molecule has 1 atom stereocenters. The standard InChI is InChI=1S/C10H23N3O/c1-4-5-12-9(7-11)6-10(14)13-8(2)3/h8-9,12H,4-7,11H2,1-3H3,(H,13,14). The molecule has 1 amide bonds. The summed E-state index contributed by atoms with van der Waals surface area (Å²) < 4.78 is 0. The smallest absolute Gasteiger partial charge is 0.221 e. The van der Waals surface area contributed by atoms with Crippen LogP contribution in [-0.4, -0.2) is 31.1 Å². The molecule has 0 fully saturated rings. The molecule has 84 valence electrons. The molecule has 0 aromatic rings. The molecule has 0 aliphatic carbocycles. The van der Waals surface area contributed by atoms with E-state index in [1.165, 1.54) is 0 Å². The Labute approximate surface area is 86.6 Å². The molecule has 0 aromatic carbocycles. The lowest BCUT2D eigenvalue weighted by atomic mass is 10.2. The number of amides is 1. The fourth-order valence-electron chi connectivity index (χ4n) is 1.19. The van der Waals surface area contributed by atoms with Gasteiger partial charge in [-0.15, -0.1) is 0 Å². The van der Waals surface area contributed by atoms with E-state index in [0.29, 0.717) is 13.0 Å². The summed E-state index contributed by atoms with van der Waals surface area (Å²) in [5.74, 6) is 0.0686. The first kappa shape index (κ1) is 13.4. The fourth-order valence-corrected chi connectivity index (χ4v) is 1.19. The number of rotatable bonds is 7. The molecule has 0 saturated carbocycles. The van der Waals surface area contributed by atoms with Crippen molar-refractivity contribution < 1.29 is 4.79 Å². The van der Waals surface area contributed by atoms with Crippen molar-refractivity contribution in [2.24, 2.45) is 5.73 Å². The SMILES string of the molecule is CCCNC(CN)CC(=O)NC(C)C. The van der Waals surface area contributed by atoms with Crippen molar-refractivity contribution in [3.05, 3.63) is 0 Å². The van der Waals surface area contributed by atoms with Crippen LogP contribution in [0.5, 0.6) is 0 Å². The van der Waals surface area contributed by atoms with Gasteiger partial charge < -0.3 is 16.4 Å². The Kier molecular flexibility index (Phi) is 7.42. The normalized spacial score (nSPS) is 12.9. The molecular weight excluding hydrogens is 178 g/mol. The summed E-state index contributed by atoms with van der Waals surface area (Å²) in [4.78, 5) is 11.4. The van der Waals surface area contributed by atoms with Crippen molar-refractivity contribution >= 4 is 5.91 Å². The van der Waals surface area contributed by atoms with E-state index in [0.717, 1.165) is 13.0 Å². The van der Waals surface area contributed by atoms with Gasteiger partial charge in [-0.2, -0.15) is 0 Å². The van der Waals surface area contributed by atoms with Gasteiger partial charge in [-0.1, -0.05) is 6.92 Å². The first-order valence-electron chi connectivity index (χ1n) is 5.33. The maximum Gasteiger partial charge on any atom is 0.221 e. The van der Waals surface area contributed by atoms with Crippen LogP contribution in [0, 0.1) is 0 Å². The van der Waals surface area contributed by atoms with Crippen molar-refractivity contribution in [1.29, 1.82) is 0 Å². The van der Waals surface area contributed by atoms with Crippen LogP contribution < -0.4 is 16.4 Å². The predicted octanol–water partition coefficient (Wildman–Crippen LogP) is 0.228. The Morgan fingerprint density at radius 1 is 1.43 bits per heavy atom. The van der Waals surface area contributed by atoms with E-state index in [9.17, 15) is 4.79 Å². The van der Waals surface area contributed by atoms with Crippen molar-refractivity contribution in [2.75, 3.05) is 13.1 Å². The van der Waals surface area contributed by atoms with Crippen molar-refractivity contribution in [3.63, 3.8) is 0 Å². The molecule has 0 radical (unpaired) electrons. The summed E-state index contributed by atoms with van der Waals surface area (Å²) in [6, 6.07) is 0.306. The fraction of sp³-hybridized carbons (Fsp3) is 0.900.